The van der Waals surface area contributed by atoms with Crippen molar-refractivity contribution >= 4 is 22.6 Å². The van der Waals surface area contributed by atoms with Crippen molar-refractivity contribution in [2.75, 3.05) is 13.1 Å². The van der Waals surface area contributed by atoms with E-state index in [-0.39, 0.29) is 12.2 Å². The van der Waals surface area contributed by atoms with Crippen molar-refractivity contribution in [2.45, 2.75) is 54.7 Å². The molecule has 1 saturated carbocycles. The summed E-state index contributed by atoms with van der Waals surface area (Å²) in [5.74, 6) is 0.332. The second-order valence-electron chi connectivity index (χ2n) is 5.84. The van der Waals surface area contributed by atoms with Crippen LogP contribution in [-0.4, -0.2) is 34.4 Å². The maximum absolute atomic E-state index is 11.3. The highest BCUT2D eigenvalue weighted by Crippen LogP contribution is 2.22. The van der Waals surface area contributed by atoms with E-state index in [0.29, 0.717) is 9.84 Å². The van der Waals surface area contributed by atoms with E-state index in [0.717, 1.165) is 38.8 Å². The molecule has 6 unspecified atom stereocenters. The number of hydrogen-bond donors (Lipinski definition) is 4. The van der Waals surface area contributed by atoms with Gasteiger partial charge < -0.3 is 10.1 Å². The first kappa shape index (κ1) is 14.9. The molecule has 0 bridgehead atoms. The van der Waals surface area contributed by atoms with E-state index in [1.807, 2.05) is 0 Å². The third kappa shape index (κ3) is 3.77. The minimum atomic E-state index is -0.601. The van der Waals surface area contributed by atoms with E-state index in [1.54, 1.807) is 0 Å². The summed E-state index contributed by atoms with van der Waals surface area (Å²) in [5.41, 5.74) is 6.19. The Hall–Kier alpha value is 0.530. The predicted octanol–water partition coefficient (Wildman–Crippen LogP) is -0.916. The number of hydrogen-bond acceptors (Lipinski definition) is 3. The zero-order valence-corrected chi connectivity index (χ0v) is 12.9. The molecular formula is C12H25IN3O2+. The van der Waals surface area contributed by atoms with Crippen LogP contribution in [0.3, 0.4) is 0 Å². The van der Waals surface area contributed by atoms with Gasteiger partial charge in [0.25, 0.3) is 0 Å². The van der Waals surface area contributed by atoms with Gasteiger partial charge in [-0.05, 0) is 19.3 Å². The lowest BCUT2D eigenvalue weighted by molar-refractivity contribution is -1.07. The van der Waals surface area contributed by atoms with Crippen LogP contribution in [0.2, 0.25) is 0 Å². The first-order valence-corrected chi connectivity index (χ1v) is 8.29. The molecule has 1 heterocycles. The van der Waals surface area contributed by atoms with Gasteiger partial charge in [-0.3, -0.25) is 5.73 Å². The Morgan fingerprint density at radius 2 is 2.00 bits per heavy atom. The molecule has 106 valence electrons. The van der Waals surface area contributed by atoms with E-state index in [4.69, 9.17) is 5.73 Å². The largest absolute Gasteiger partial charge is 0.600 e. The third-order valence-corrected chi connectivity index (χ3v) is 5.61. The summed E-state index contributed by atoms with van der Waals surface area (Å²) in [6, 6.07) is -0.131. The molecule has 0 amide bonds. The van der Waals surface area contributed by atoms with Gasteiger partial charge in [0.05, 0.1) is 22.9 Å². The van der Waals surface area contributed by atoms with E-state index < -0.39 is 5.23 Å². The fourth-order valence-electron chi connectivity index (χ4n) is 3.45. The van der Waals surface area contributed by atoms with Crippen LogP contribution >= 0.6 is 22.6 Å². The average molecular weight is 370 g/mol. The van der Waals surface area contributed by atoms with Crippen molar-refractivity contribution in [3.63, 3.8) is 0 Å². The molecule has 1 aliphatic carbocycles. The van der Waals surface area contributed by atoms with Crippen LogP contribution in [0.25, 0.3) is 0 Å². The number of hydroxylamine groups is 2. The second-order valence-corrected chi connectivity index (χ2v) is 7.60. The molecule has 2 fully saturated rings. The number of nitrogens with two attached hydrogens (primary N) is 1. The van der Waals surface area contributed by atoms with Crippen LogP contribution in [0.1, 0.15) is 38.5 Å². The fraction of sp³-hybridized carbons (Fsp3) is 1.00. The Bertz CT molecular complexity index is 268. The number of nitrogens with one attached hydrogen (secondary N) is 2. The highest BCUT2D eigenvalue weighted by Gasteiger charge is 2.36. The number of quaternary nitrogens is 2. The molecule has 2 aliphatic rings. The third-order valence-electron chi connectivity index (χ3n) is 4.55. The number of rotatable bonds is 3. The standard InChI is InChI=1S/C12H24IN3O2/c13-10-5-6-12(14)15(8-10)7-9-3-1-2-4-11(9)16(17)18/h9-12,16-17H,1-8,14H2/p+1. The quantitative estimate of drug-likeness (QED) is 0.295. The Balaban J connectivity index is 1.93. The lowest BCUT2D eigenvalue weighted by Crippen LogP contribution is -3.21. The summed E-state index contributed by atoms with van der Waals surface area (Å²) in [6.07, 6.45) is 6.68. The van der Waals surface area contributed by atoms with Gasteiger partial charge in [0, 0.05) is 12.8 Å². The monoisotopic (exact) mass is 370 g/mol. The van der Waals surface area contributed by atoms with E-state index >= 15 is 0 Å². The number of likely N-dealkylation sites (tertiary alicyclic amines) is 1. The van der Waals surface area contributed by atoms with Gasteiger partial charge in [0.1, 0.15) is 12.2 Å². The Morgan fingerprint density at radius 1 is 1.28 bits per heavy atom. The minimum Gasteiger partial charge on any atom is -0.600 e. The molecule has 2 rings (SSSR count). The van der Waals surface area contributed by atoms with Crippen LogP contribution in [0, 0.1) is 11.1 Å². The normalized spacial score (nSPS) is 43.7. The zero-order valence-electron chi connectivity index (χ0n) is 10.8. The summed E-state index contributed by atoms with van der Waals surface area (Å²) in [5, 5.41) is 20.0. The van der Waals surface area contributed by atoms with Crippen LogP contribution in [-0.2, 0) is 0 Å². The topological polar surface area (TPSA) is 78.2 Å². The molecule has 0 aromatic rings. The molecule has 6 heteroatoms. The van der Waals surface area contributed by atoms with E-state index in [9.17, 15) is 10.4 Å². The average Bonchev–Trinajstić information content (AvgIpc) is 2.34. The highest BCUT2D eigenvalue weighted by atomic mass is 127. The molecule has 0 spiro atoms. The maximum Gasteiger partial charge on any atom is 0.138 e. The SMILES string of the molecule is NC1CCC(I)C[NH+]1CC1CCCCC1[NH+]([O-])O. The Kier molecular flexibility index (Phi) is 5.64. The van der Waals surface area contributed by atoms with E-state index in [2.05, 4.69) is 22.6 Å². The van der Waals surface area contributed by atoms with Gasteiger partial charge in [0.15, 0.2) is 0 Å². The lowest BCUT2D eigenvalue weighted by Gasteiger charge is -2.39. The number of alkyl halides is 1. The van der Waals surface area contributed by atoms with Crippen molar-refractivity contribution < 1.29 is 15.3 Å². The van der Waals surface area contributed by atoms with Crippen molar-refractivity contribution in [3.8, 4) is 0 Å². The van der Waals surface area contributed by atoms with Crippen LogP contribution < -0.4 is 15.9 Å². The summed E-state index contributed by atoms with van der Waals surface area (Å²) >= 11 is 2.50. The molecule has 18 heavy (non-hydrogen) atoms. The van der Waals surface area contributed by atoms with Crippen molar-refractivity contribution in [2.24, 2.45) is 11.7 Å². The van der Waals surface area contributed by atoms with Gasteiger partial charge in [-0.1, -0.05) is 29.0 Å². The molecule has 1 saturated heterocycles. The molecule has 5 nitrogen and oxygen atoms in total. The van der Waals surface area contributed by atoms with Crippen molar-refractivity contribution in [1.29, 1.82) is 0 Å². The first-order chi connectivity index (χ1) is 8.58. The molecular weight excluding hydrogens is 345 g/mol. The fourth-order valence-corrected chi connectivity index (χ4v) is 4.38. The molecule has 0 aromatic heterocycles. The smallest absolute Gasteiger partial charge is 0.138 e. The van der Waals surface area contributed by atoms with Crippen molar-refractivity contribution in [1.82, 2.24) is 0 Å². The molecule has 6 atom stereocenters. The summed E-state index contributed by atoms with van der Waals surface area (Å²) in [4.78, 5) is 1.43. The summed E-state index contributed by atoms with van der Waals surface area (Å²) in [7, 11) is 0. The Morgan fingerprint density at radius 3 is 2.72 bits per heavy atom. The van der Waals surface area contributed by atoms with Gasteiger partial charge in [-0.15, -0.1) is 0 Å². The number of piperidine rings is 1. The van der Waals surface area contributed by atoms with Gasteiger partial charge in [0.2, 0.25) is 0 Å². The predicted molar refractivity (Wildman–Crippen MR) is 77.6 cm³/mol. The van der Waals surface area contributed by atoms with Crippen molar-refractivity contribution in [3.05, 3.63) is 5.21 Å². The molecule has 0 aromatic carbocycles. The van der Waals surface area contributed by atoms with Crippen LogP contribution in [0.5, 0.6) is 0 Å². The summed E-state index contributed by atoms with van der Waals surface area (Å²) in [6.45, 7) is 2.06. The van der Waals surface area contributed by atoms with Gasteiger partial charge >= 0.3 is 0 Å². The number of halogens is 1. The van der Waals surface area contributed by atoms with Gasteiger partial charge in [-0.2, -0.15) is 0 Å². The zero-order chi connectivity index (χ0) is 13.1. The molecule has 1 aliphatic heterocycles. The first-order valence-electron chi connectivity index (χ1n) is 7.05. The van der Waals surface area contributed by atoms with Crippen LogP contribution in [0.15, 0.2) is 0 Å². The summed E-state index contributed by atoms with van der Waals surface area (Å²) < 4.78 is 0.698. The van der Waals surface area contributed by atoms with Gasteiger partial charge in [-0.25, -0.2) is 10.4 Å². The second kappa shape index (κ2) is 6.81. The Labute approximate surface area is 122 Å². The van der Waals surface area contributed by atoms with Crippen LogP contribution in [0.4, 0.5) is 0 Å². The minimum absolute atomic E-state index is 0.131. The molecule has 0 radical (unpaired) electrons. The highest BCUT2D eigenvalue weighted by molar-refractivity contribution is 14.1. The lowest BCUT2D eigenvalue weighted by atomic mass is 9.84. The van der Waals surface area contributed by atoms with E-state index in [1.165, 1.54) is 17.7 Å². The molecule has 5 N–H and O–H groups in total. The maximum atomic E-state index is 11.3.